The molecule has 0 bridgehead atoms. The van der Waals surface area contributed by atoms with Crippen molar-refractivity contribution >= 4 is 192 Å². The topological polar surface area (TPSA) is 930 Å². The third kappa shape index (κ3) is 23.3. The van der Waals surface area contributed by atoms with Gasteiger partial charge in [0.25, 0.3) is 80.9 Å². The summed E-state index contributed by atoms with van der Waals surface area (Å²) in [6, 6.07) is 27.8. The molecule has 12 aromatic rings. The van der Waals surface area contributed by atoms with Crippen molar-refractivity contribution in [2.24, 2.45) is 40.9 Å². The number of aromatic hydroxyl groups is 4. The Hall–Kier alpha value is -13.4. The van der Waals surface area contributed by atoms with Gasteiger partial charge in [-0.05, 0) is 119 Å². The number of aliphatic hydroxyl groups excluding tert-OH is 10. The van der Waals surface area contributed by atoms with Crippen LogP contribution in [0.1, 0.15) is 0 Å². The molecule has 0 aliphatic carbocycles. The van der Waals surface area contributed by atoms with E-state index in [1.54, 1.807) is 24.3 Å². The van der Waals surface area contributed by atoms with E-state index in [9.17, 15) is 165 Å². The van der Waals surface area contributed by atoms with E-state index in [1.165, 1.54) is 77.0 Å². The van der Waals surface area contributed by atoms with Crippen LogP contribution >= 0.6 is 0 Å². The summed E-state index contributed by atoms with van der Waals surface area (Å²) in [5, 5.41) is 177. The maximum Gasteiger partial charge on any atom is 0.296 e. The van der Waals surface area contributed by atoms with E-state index >= 15 is 0 Å². The molecular weight excluding hydrogens is 2060 g/mol. The summed E-state index contributed by atoms with van der Waals surface area (Å²) in [6.07, 6.45) is -16.7. The number of hydrogen-bond acceptors (Lipinski definition) is 46. The number of benzene rings is 12. The fourth-order valence-electron chi connectivity index (χ4n) is 14.1. The molecule has 12 rings (SSSR count). The molecule has 62 heteroatoms. The lowest BCUT2D eigenvalue weighted by Gasteiger charge is -2.26. The lowest BCUT2D eigenvalue weighted by Crippen LogP contribution is -2.48. The molecule has 8 unspecified atom stereocenters. The third-order valence-corrected chi connectivity index (χ3v) is 28.2. The second-order valence-corrected chi connectivity index (χ2v) is 41.1. The summed E-state index contributed by atoms with van der Waals surface area (Å²) in [6.45, 7) is -3.96. The molecule has 142 heavy (non-hydrogen) atoms. The van der Waals surface area contributed by atoms with Gasteiger partial charge in [0.05, 0.1) is 98.2 Å². The summed E-state index contributed by atoms with van der Waals surface area (Å²) < 4.78 is 297. The first kappa shape index (κ1) is 109. The Balaban J connectivity index is 0.000000284. The minimum Gasteiger partial charge on any atom is -0.505 e. The lowest BCUT2D eigenvalue weighted by atomic mass is 10.0. The Bertz CT molecular complexity index is 7740. The molecule has 0 heterocycles. The molecule has 0 aliphatic rings. The van der Waals surface area contributed by atoms with Gasteiger partial charge in [-0.1, -0.05) is 48.5 Å². The van der Waals surface area contributed by atoms with E-state index in [2.05, 4.69) is 51.5 Å². The van der Waals surface area contributed by atoms with Gasteiger partial charge < -0.3 is 113 Å². The SMILES string of the molecule is COc1cc(-c2ccc(N=Nc3ccc4c(S(=O)(=O)O)cc(S(=O)(=O)O)c(N)c4c3O)c(OC)c2)ccc1N=Nc1ccc2c(S(=O)(=O)O)cc(S(=O)(=O)O)c(N)c2c1O.COc1cc(-c2ccc(N=Nc3ccc4c(S(=O)(=O)O)cc(S(=O)(=O)O)c(NCC(O)C(O)C(O)C(O)CO)c4c3O)c(OC)c2)ccc1N=Nc1ccc2c(S(=O)(=O)O)cc(S(=O)(=O)O)c(NCC(O)C(O)C(O)C(O)CO)c2c1O. The normalized spacial score (nSPS) is 14.5. The molecule has 0 amide bonds. The average Bonchev–Trinajstić information content (AvgIpc) is 0.725. The van der Waals surface area contributed by atoms with E-state index in [0.717, 1.165) is 48.5 Å². The van der Waals surface area contributed by atoms with Gasteiger partial charge in [0.2, 0.25) is 0 Å². The van der Waals surface area contributed by atoms with Gasteiger partial charge in [-0.15, -0.1) is 40.9 Å². The number of phenols is 4. The number of nitrogens with one attached hydrogen (secondary N) is 2. The lowest BCUT2D eigenvalue weighted by molar-refractivity contribution is -0.111. The predicted molar refractivity (Wildman–Crippen MR) is 496 cm³/mol. The van der Waals surface area contributed by atoms with Crippen LogP contribution in [0, 0.1) is 0 Å². The zero-order valence-corrected chi connectivity index (χ0v) is 78.8. The molecule has 0 aliphatic heterocycles. The van der Waals surface area contributed by atoms with Crippen molar-refractivity contribution in [1.82, 2.24) is 0 Å². The van der Waals surface area contributed by atoms with Gasteiger partial charge in [-0.2, -0.15) is 67.3 Å². The quantitative estimate of drug-likeness (QED) is 0.0111. The highest BCUT2D eigenvalue weighted by molar-refractivity contribution is 7.88. The number of methoxy groups -OCH3 is 4. The highest BCUT2D eigenvalue weighted by Gasteiger charge is 2.37. The number of nitrogen functional groups attached to an aromatic ring is 2. The smallest absolute Gasteiger partial charge is 0.296 e. The van der Waals surface area contributed by atoms with E-state index in [0.29, 0.717) is 46.5 Å². The van der Waals surface area contributed by atoms with Crippen LogP contribution in [-0.2, 0) is 80.9 Å². The van der Waals surface area contributed by atoms with Gasteiger partial charge in [0.1, 0.15) is 144 Å². The summed E-state index contributed by atoms with van der Waals surface area (Å²) in [4.78, 5) is -8.92. The fraction of sp³-hybridized carbons (Fsp3) is 0.200. The standard InChI is InChI=1S/C46H52N6O26S4.C34H28N6O16S4/c1-77-31-11-19(3-7-23(31)49-51-25-9-5-21-33(79(65,66)67)13-35(81(71,72)73)39(37(21)41(25)59)47-15-27(55)43(61)45(63)29(57)17-53)20-4-8-24(32(12-20)78-2)50-52-26-10-6-22-34(80(68,69)70)14-36(82(74,75)76)40(38(22)42(26)60)48-16-28(56)44(62)46(64)30(58)18-54;1-55-23-11-15(3-7-19(23)37-39-21-9-5-17-25(57(43,44)45)13-27(59(49,50)51)31(35)29(17)33(21)41)16-4-8-20(24(12-16)56-2)38-40-22-10-6-18-26(58(46,47)48)14-28(60(52,53)54)32(36)30(18)34(22)42/h3-14,27-30,43-48,53-64H,15-18H2,1-2H3,(H,65,66,67)(H,68,69,70)(H,71,72,73)(H,74,75,76);3-14,41-42H,35-36H2,1-2H3,(H,43,44,45)(H,46,47,48)(H,49,50,51)(H,52,53,54). The number of hydrogen-bond donors (Lipinski definition) is 26. The first-order valence-electron chi connectivity index (χ1n) is 39.2. The van der Waals surface area contributed by atoms with Crippen molar-refractivity contribution in [3.05, 3.63) is 146 Å². The van der Waals surface area contributed by atoms with E-state index in [-0.39, 0.29) is 67.9 Å². The largest absolute Gasteiger partial charge is 0.505 e. The number of fused-ring (bicyclic) bond motifs is 4. The minimum atomic E-state index is -5.47. The molecule has 28 N–H and O–H groups in total. The van der Waals surface area contributed by atoms with Crippen LogP contribution in [0.2, 0.25) is 0 Å². The van der Waals surface area contributed by atoms with Gasteiger partial charge in [-0.3, -0.25) is 36.4 Å². The number of nitrogens with zero attached hydrogens (tertiary/aromatic N) is 8. The zero-order chi connectivity index (χ0) is 105. The second kappa shape index (κ2) is 42.0. The van der Waals surface area contributed by atoms with Gasteiger partial charge in [0.15, 0.2) is 23.0 Å². The Morgan fingerprint density at radius 1 is 0.268 bits per heavy atom. The van der Waals surface area contributed by atoms with Crippen molar-refractivity contribution in [1.29, 1.82) is 0 Å². The number of phenolic OH excluding ortho intramolecular Hbond substituents is 4. The summed E-state index contributed by atoms with van der Waals surface area (Å²) in [5.41, 5.74) is 9.12. The number of anilines is 4. The average molecular weight is 2140 g/mol. The highest BCUT2D eigenvalue weighted by atomic mass is 32.2. The van der Waals surface area contributed by atoms with Crippen LogP contribution in [0.5, 0.6) is 46.0 Å². The molecule has 0 aromatic heterocycles. The molecule has 0 saturated carbocycles. The summed E-state index contributed by atoms with van der Waals surface area (Å²) in [7, 11) is -36.9. The van der Waals surface area contributed by atoms with Crippen LogP contribution in [0.3, 0.4) is 0 Å². The number of azo groups is 4. The van der Waals surface area contributed by atoms with E-state index in [1.807, 2.05) is 0 Å². The molecule has 12 aromatic carbocycles. The zero-order valence-electron chi connectivity index (χ0n) is 72.3. The van der Waals surface area contributed by atoms with Crippen LogP contribution in [0.25, 0.3) is 65.3 Å². The monoisotopic (exact) mass is 2140 g/mol. The van der Waals surface area contributed by atoms with E-state index in [4.69, 9.17) is 40.6 Å². The van der Waals surface area contributed by atoms with Crippen molar-refractivity contribution in [3.63, 3.8) is 0 Å². The molecule has 54 nitrogen and oxygen atoms in total. The molecule has 0 saturated heterocycles. The highest BCUT2D eigenvalue weighted by Crippen LogP contribution is 2.52. The Morgan fingerprint density at radius 2 is 0.458 bits per heavy atom. The van der Waals surface area contributed by atoms with Gasteiger partial charge in [-0.25, -0.2) is 0 Å². The molecule has 0 fully saturated rings. The third-order valence-electron chi connectivity index (χ3n) is 21.1. The summed E-state index contributed by atoms with van der Waals surface area (Å²) in [5.74, 6) is -3.36. The van der Waals surface area contributed by atoms with Crippen LogP contribution in [-0.4, -0.2) is 279 Å². The Labute approximate surface area is 801 Å². The number of nitrogens with two attached hydrogens (primary N) is 2. The van der Waals surface area contributed by atoms with Crippen molar-refractivity contribution in [2.45, 2.75) is 88.0 Å². The molecule has 0 radical (unpaired) electrons. The van der Waals surface area contributed by atoms with Gasteiger partial charge >= 0.3 is 0 Å². The number of rotatable bonds is 36. The maximum atomic E-state index is 12.6. The number of aliphatic hydroxyl groups is 10. The molecular formula is C80H80N12O42S8. The van der Waals surface area contributed by atoms with Crippen molar-refractivity contribution in [3.8, 4) is 68.2 Å². The first-order valence-corrected chi connectivity index (χ1v) is 50.7. The number of ether oxygens (including phenoxy) is 4. The molecule has 760 valence electrons. The minimum absolute atomic E-state index is 0.0220. The Morgan fingerprint density at radius 3 is 0.669 bits per heavy atom. The maximum absolute atomic E-state index is 12.6. The molecule has 0 spiro atoms. The van der Waals surface area contributed by atoms with Gasteiger partial charge in [0, 0.05) is 34.6 Å². The summed E-state index contributed by atoms with van der Waals surface area (Å²) >= 11 is 0. The van der Waals surface area contributed by atoms with Crippen LogP contribution in [0.15, 0.2) is 226 Å². The first-order chi connectivity index (χ1) is 66.0. The van der Waals surface area contributed by atoms with E-state index < -0.39 is 285 Å². The van der Waals surface area contributed by atoms with Crippen molar-refractivity contribution in [2.75, 3.05) is 76.8 Å². The Kier molecular flexibility index (Phi) is 32.2. The van der Waals surface area contributed by atoms with Crippen LogP contribution in [0.4, 0.5) is 68.2 Å². The molecule has 8 atom stereocenters. The second-order valence-electron chi connectivity index (χ2n) is 30.0. The predicted octanol–water partition coefficient (Wildman–Crippen LogP) is 6.67. The van der Waals surface area contributed by atoms with Crippen LogP contribution < -0.4 is 41.0 Å². The van der Waals surface area contributed by atoms with Crippen molar-refractivity contribution < 1.29 is 194 Å². The fourth-order valence-corrected chi connectivity index (χ4v) is 20.0.